The van der Waals surface area contributed by atoms with Crippen molar-refractivity contribution in [2.75, 3.05) is 0 Å². The zero-order valence-corrected chi connectivity index (χ0v) is 12.7. The molecule has 3 rings (SSSR count). The highest BCUT2D eigenvalue weighted by molar-refractivity contribution is 7.15. The smallest absolute Gasteiger partial charge is 0.193 e. The molecule has 0 saturated carbocycles. The van der Waals surface area contributed by atoms with E-state index in [-0.39, 0.29) is 6.04 Å². The van der Waals surface area contributed by atoms with Gasteiger partial charge in [-0.25, -0.2) is 4.98 Å². The Hall–Kier alpha value is -1.65. The van der Waals surface area contributed by atoms with E-state index in [2.05, 4.69) is 47.6 Å². The maximum Gasteiger partial charge on any atom is 0.193 e. The van der Waals surface area contributed by atoms with Crippen LogP contribution in [0.25, 0.3) is 4.96 Å². The van der Waals surface area contributed by atoms with Crippen molar-refractivity contribution in [2.24, 2.45) is 5.73 Å². The molecule has 0 aliphatic heterocycles. The van der Waals surface area contributed by atoms with Crippen molar-refractivity contribution in [3.63, 3.8) is 0 Å². The maximum atomic E-state index is 6.28. The normalized spacial score (nSPS) is 12.9. The number of fused-ring (bicyclic) bond motifs is 1. The molecule has 1 atom stereocenters. The van der Waals surface area contributed by atoms with E-state index in [0.717, 1.165) is 23.5 Å². The molecule has 0 bridgehead atoms. The molecule has 2 aromatic heterocycles. The van der Waals surface area contributed by atoms with Crippen molar-refractivity contribution in [3.8, 4) is 0 Å². The molecule has 4 heteroatoms. The van der Waals surface area contributed by atoms with E-state index in [1.807, 2.05) is 11.6 Å². The quantitative estimate of drug-likeness (QED) is 0.800. The maximum absolute atomic E-state index is 6.28. The molecule has 0 radical (unpaired) electrons. The Balaban J connectivity index is 1.69. The van der Waals surface area contributed by atoms with Crippen molar-refractivity contribution < 1.29 is 0 Å². The predicted molar refractivity (Wildman–Crippen MR) is 84.4 cm³/mol. The van der Waals surface area contributed by atoms with Gasteiger partial charge < -0.3 is 5.73 Å². The number of benzene rings is 1. The van der Waals surface area contributed by atoms with Gasteiger partial charge in [-0.3, -0.25) is 4.40 Å². The first-order valence-electron chi connectivity index (χ1n) is 6.84. The Morgan fingerprint density at radius 2 is 1.95 bits per heavy atom. The first-order chi connectivity index (χ1) is 9.60. The largest absolute Gasteiger partial charge is 0.327 e. The number of hydrogen-bond donors (Lipinski definition) is 1. The lowest BCUT2D eigenvalue weighted by molar-refractivity contribution is 0.656. The highest BCUT2D eigenvalue weighted by Gasteiger charge is 2.10. The Morgan fingerprint density at radius 3 is 2.65 bits per heavy atom. The molecule has 0 spiro atoms. The Morgan fingerprint density at radius 1 is 1.20 bits per heavy atom. The minimum atomic E-state index is 0.112. The van der Waals surface area contributed by atoms with Crippen LogP contribution in [-0.2, 0) is 12.8 Å². The molecule has 0 aliphatic carbocycles. The summed E-state index contributed by atoms with van der Waals surface area (Å²) in [5, 5.41) is 2.04. The van der Waals surface area contributed by atoms with E-state index >= 15 is 0 Å². The van der Waals surface area contributed by atoms with E-state index in [1.54, 1.807) is 11.3 Å². The molecule has 2 N–H and O–H groups in total. The van der Waals surface area contributed by atoms with Crippen LogP contribution in [0.5, 0.6) is 0 Å². The van der Waals surface area contributed by atoms with Crippen molar-refractivity contribution >= 4 is 16.3 Å². The third kappa shape index (κ3) is 2.92. The van der Waals surface area contributed by atoms with Crippen molar-refractivity contribution in [1.29, 1.82) is 0 Å². The van der Waals surface area contributed by atoms with E-state index in [0.29, 0.717) is 0 Å². The molecule has 3 aromatic rings. The topological polar surface area (TPSA) is 43.3 Å². The molecule has 1 unspecified atom stereocenters. The van der Waals surface area contributed by atoms with Gasteiger partial charge in [0.2, 0.25) is 0 Å². The molecule has 1 aromatic carbocycles. The van der Waals surface area contributed by atoms with Crippen molar-refractivity contribution in [3.05, 3.63) is 58.4 Å². The standard InChI is InChI=1S/C16H19N3S/c1-11-5-12(2)7-13(6-11)8-14(17)9-15-10-19-3-4-20-16(19)18-15/h3-7,10,14H,8-9,17H2,1-2H3. The fraction of sp³-hybridized carbons (Fsp3) is 0.312. The van der Waals surface area contributed by atoms with Gasteiger partial charge in [0.1, 0.15) is 0 Å². The minimum absolute atomic E-state index is 0.112. The van der Waals surface area contributed by atoms with Crippen LogP contribution in [0.3, 0.4) is 0 Å². The number of hydrogen-bond acceptors (Lipinski definition) is 3. The van der Waals surface area contributed by atoms with Crippen LogP contribution in [0, 0.1) is 13.8 Å². The second kappa shape index (κ2) is 5.38. The van der Waals surface area contributed by atoms with Crippen LogP contribution in [0.1, 0.15) is 22.4 Å². The van der Waals surface area contributed by atoms with Gasteiger partial charge in [0.05, 0.1) is 5.69 Å². The summed E-state index contributed by atoms with van der Waals surface area (Å²) in [6, 6.07) is 6.75. The molecular formula is C16H19N3S. The fourth-order valence-corrected chi connectivity index (χ4v) is 3.42. The summed E-state index contributed by atoms with van der Waals surface area (Å²) in [6.45, 7) is 4.26. The lowest BCUT2D eigenvalue weighted by Crippen LogP contribution is -2.25. The third-order valence-corrected chi connectivity index (χ3v) is 4.16. The number of imidazole rings is 1. The molecule has 3 nitrogen and oxygen atoms in total. The van der Waals surface area contributed by atoms with Crippen LogP contribution in [0.15, 0.2) is 36.0 Å². The highest BCUT2D eigenvalue weighted by atomic mass is 32.1. The van der Waals surface area contributed by atoms with Gasteiger partial charge in [0.25, 0.3) is 0 Å². The summed E-state index contributed by atoms with van der Waals surface area (Å²) in [6.07, 6.45) is 5.83. The molecule has 0 fully saturated rings. The summed E-state index contributed by atoms with van der Waals surface area (Å²) in [4.78, 5) is 5.63. The zero-order chi connectivity index (χ0) is 14.1. The lowest BCUT2D eigenvalue weighted by atomic mass is 9.99. The van der Waals surface area contributed by atoms with Gasteiger partial charge >= 0.3 is 0 Å². The van der Waals surface area contributed by atoms with Crippen LogP contribution in [-0.4, -0.2) is 15.4 Å². The van der Waals surface area contributed by atoms with Gasteiger partial charge in [-0.2, -0.15) is 0 Å². The van der Waals surface area contributed by atoms with Gasteiger partial charge in [-0.15, -0.1) is 11.3 Å². The van der Waals surface area contributed by atoms with Crippen molar-refractivity contribution in [2.45, 2.75) is 32.7 Å². The van der Waals surface area contributed by atoms with Crippen molar-refractivity contribution in [1.82, 2.24) is 9.38 Å². The average molecular weight is 285 g/mol. The van der Waals surface area contributed by atoms with Crippen LogP contribution in [0.4, 0.5) is 0 Å². The number of aromatic nitrogens is 2. The molecular weight excluding hydrogens is 266 g/mol. The SMILES string of the molecule is Cc1cc(C)cc(CC(N)Cc2cn3ccsc3n2)c1. The van der Waals surface area contributed by atoms with Crippen LogP contribution >= 0.6 is 11.3 Å². The van der Waals surface area contributed by atoms with Crippen LogP contribution in [0.2, 0.25) is 0 Å². The Kier molecular flexibility index (Phi) is 3.59. The summed E-state index contributed by atoms with van der Waals surface area (Å²) in [5.41, 5.74) is 11.3. The van der Waals surface area contributed by atoms with Gasteiger partial charge in [0.15, 0.2) is 4.96 Å². The number of thiazole rings is 1. The monoisotopic (exact) mass is 285 g/mol. The van der Waals surface area contributed by atoms with Gasteiger partial charge in [-0.05, 0) is 25.8 Å². The number of nitrogens with two attached hydrogens (primary N) is 1. The first-order valence-corrected chi connectivity index (χ1v) is 7.72. The fourth-order valence-electron chi connectivity index (χ4n) is 2.70. The number of rotatable bonds is 4. The summed E-state index contributed by atoms with van der Waals surface area (Å²) < 4.78 is 2.06. The van der Waals surface area contributed by atoms with Gasteiger partial charge in [0, 0.05) is 30.2 Å². The molecule has 0 saturated heterocycles. The van der Waals surface area contributed by atoms with E-state index < -0.39 is 0 Å². The predicted octanol–water partition coefficient (Wildman–Crippen LogP) is 3.13. The van der Waals surface area contributed by atoms with Gasteiger partial charge in [-0.1, -0.05) is 29.3 Å². The molecule has 0 aliphatic rings. The summed E-state index contributed by atoms with van der Waals surface area (Å²) >= 11 is 1.65. The summed E-state index contributed by atoms with van der Waals surface area (Å²) in [7, 11) is 0. The second-order valence-electron chi connectivity index (χ2n) is 5.49. The Bertz CT molecular complexity index is 677. The Labute approximate surface area is 123 Å². The lowest BCUT2D eigenvalue weighted by Gasteiger charge is -2.11. The molecule has 20 heavy (non-hydrogen) atoms. The minimum Gasteiger partial charge on any atom is -0.327 e. The molecule has 2 heterocycles. The second-order valence-corrected chi connectivity index (χ2v) is 6.36. The number of aryl methyl sites for hydroxylation is 2. The first kappa shape index (κ1) is 13.3. The average Bonchev–Trinajstić information content (AvgIpc) is 2.87. The zero-order valence-electron chi connectivity index (χ0n) is 11.8. The molecule has 104 valence electrons. The van der Waals surface area contributed by atoms with E-state index in [9.17, 15) is 0 Å². The molecule has 0 amide bonds. The highest BCUT2D eigenvalue weighted by Crippen LogP contribution is 2.15. The van der Waals surface area contributed by atoms with E-state index in [1.165, 1.54) is 16.7 Å². The summed E-state index contributed by atoms with van der Waals surface area (Å²) in [5.74, 6) is 0. The van der Waals surface area contributed by atoms with Crippen LogP contribution < -0.4 is 5.73 Å². The third-order valence-electron chi connectivity index (χ3n) is 3.39. The van der Waals surface area contributed by atoms with E-state index in [4.69, 9.17) is 5.73 Å². The number of nitrogens with zero attached hydrogens (tertiary/aromatic N) is 2.